The second-order valence-corrected chi connectivity index (χ2v) is 3.48. The third-order valence-electron chi connectivity index (χ3n) is 2.53. The first-order valence-corrected chi connectivity index (χ1v) is 4.21. The zero-order valence-corrected chi connectivity index (χ0v) is 6.58. The lowest BCUT2D eigenvalue weighted by molar-refractivity contribution is -0.117. The minimum absolute atomic E-state index is 0.127. The molecule has 0 aromatic carbocycles. The van der Waals surface area contributed by atoms with Crippen LogP contribution >= 0.6 is 0 Å². The fraction of sp³-hybridized carbons (Fsp3) is 1.00. The van der Waals surface area contributed by atoms with Gasteiger partial charge in [0.2, 0.25) is 0 Å². The summed E-state index contributed by atoms with van der Waals surface area (Å²) in [6.45, 7) is 2.14. The normalized spacial score (nSPS) is 45.0. The van der Waals surface area contributed by atoms with Crippen LogP contribution in [-0.4, -0.2) is 36.6 Å². The van der Waals surface area contributed by atoms with Gasteiger partial charge in [0.1, 0.15) is 0 Å². The zero-order chi connectivity index (χ0) is 7.73. The van der Waals surface area contributed by atoms with Gasteiger partial charge >= 0.3 is 0 Å². The number of aliphatic hydroxyl groups excluding tert-OH is 1. The third-order valence-corrected chi connectivity index (χ3v) is 2.53. The molecule has 0 bridgehead atoms. The minimum atomic E-state index is -0.176. The molecule has 0 amide bonds. The average molecular weight is 158 g/mol. The summed E-state index contributed by atoms with van der Waals surface area (Å²) in [7, 11) is 0. The molecule has 0 aliphatic carbocycles. The first-order valence-electron chi connectivity index (χ1n) is 4.21. The van der Waals surface area contributed by atoms with Crippen molar-refractivity contribution in [2.45, 2.75) is 31.0 Å². The number of rotatable bonds is 0. The van der Waals surface area contributed by atoms with Crippen LogP contribution in [0, 0.1) is 0 Å². The Morgan fingerprint density at radius 3 is 2.91 bits per heavy atom. The Bertz CT molecular complexity index is 140. The van der Waals surface area contributed by atoms with Crippen molar-refractivity contribution in [2.24, 2.45) is 0 Å². The first kappa shape index (κ1) is 7.53. The van der Waals surface area contributed by atoms with E-state index in [1.54, 1.807) is 0 Å². The summed E-state index contributed by atoms with van der Waals surface area (Å²) in [6.07, 6.45) is 2.31. The number of hydrogen-bond acceptors (Lipinski definition) is 3. The molecule has 3 nitrogen and oxygen atoms in total. The van der Waals surface area contributed by atoms with Gasteiger partial charge in [-0.05, 0) is 6.42 Å². The average Bonchev–Trinajstić information content (AvgIpc) is 2.37. The van der Waals surface area contributed by atoms with Gasteiger partial charge in [-0.1, -0.05) is 0 Å². The standard InChI is InChI=1S/C8H14O3/c9-7-1-3-11-8(5-7)2-4-10-6-8/h7,9H,1-6H2/t7-,8+/m1/s1. The lowest BCUT2D eigenvalue weighted by atomic mass is 9.91. The van der Waals surface area contributed by atoms with Crippen molar-refractivity contribution in [3.8, 4) is 0 Å². The van der Waals surface area contributed by atoms with Gasteiger partial charge in [0.05, 0.1) is 18.3 Å². The molecule has 2 aliphatic rings. The quantitative estimate of drug-likeness (QED) is 0.551. The van der Waals surface area contributed by atoms with E-state index in [-0.39, 0.29) is 11.7 Å². The second-order valence-electron chi connectivity index (χ2n) is 3.48. The highest BCUT2D eigenvalue weighted by Gasteiger charge is 2.40. The minimum Gasteiger partial charge on any atom is -0.393 e. The molecule has 2 rings (SSSR count). The van der Waals surface area contributed by atoms with Crippen LogP contribution in [0.4, 0.5) is 0 Å². The van der Waals surface area contributed by atoms with Crippen LogP contribution < -0.4 is 0 Å². The van der Waals surface area contributed by atoms with Crippen LogP contribution in [0.2, 0.25) is 0 Å². The fourth-order valence-corrected chi connectivity index (χ4v) is 1.87. The number of hydrogen-bond donors (Lipinski definition) is 1. The van der Waals surface area contributed by atoms with Crippen molar-refractivity contribution in [1.29, 1.82) is 0 Å². The van der Waals surface area contributed by atoms with Gasteiger partial charge in [-0.3, -0.25) is 0 Å². The van der Waals surface area contributed by atoms with Crippen molar-refractivity contribution in [3.05, 3.63) is 0 Å². The van der Waals surface area contributed by atoms with Crippen LogP contribution in [0.25, 0.3) is 0 Å². The molecule has 0 saturated carbocycles. The molecule has 0 unspecified atom stereocenters. The molecule has 2 atom stereocenters. The molecule has 64 valence electrons. The summed E-state index contributed by atoms with van der Waals surface area (Å²) >= 11 is 0. The van der Waals surface area contributed by atoms with Crippen molar-refractivity contribution in [1.82, 2.24) is 0 Å². The van der Waals surface area contributed by atoms with Crippen LogP contribution in [0.5, 0.6) is 0 Å². The summed E-state index contributed by atoms with van der Waals surface area (Å²) in [4.78, 5) is 0. The molecule has 2 aliphatic heterocycles. The maximum Gasteiger partial charge on any atom is 0.0961 e. The smallest absolute Gasteiger partial charge is 0.0961 e. The number of aliphatic hydroxyl groups is 1. The largest absolute Gasteiger partial charge is 0.393 e. The van der Waals surface area contributed by atoms with E-state index >= 15 is 0 Å². The van der Waals surface area contributed by atoms with E-state index in [0.29, 0.717) is 13.2 Å². The molecule has 11 heavy (non-hydrogen) atoms. The predicted octanol–water partition coefficient (Wildman–Crippen LogP) is 0.317. The fourth-order valence-electron chi connectivity index (χ4n) is 1.87. The van der Waals surface area contributed by atoms with Crippen LogP contribution in [0.15, 0.2) is 0 Å². The molecule has 3 heteroatoms. The second kappa shape index (κ2) is 2.73. The summed E-state index contributed by atoms with van der Waals surface area (Å²) in [5.41, 5.74) is -0.127. The summed E-state index contributed by atoms with van der Waals surface area (Å²) in [6, 6.07) is 0. The predicted molar refractivity (Wildman–Crippen MR) is 39.4 cm³/mol. The summed E-state index contributed by atoms with van der Waals surface area (Å²) in [5, 5.41) is 9.40. The van der Waals surface area contributed by atoms with E-state index in [0.717, 1.165) is 25.9 Å². The van der Waals surface area contributed by atoms with Crippen molar-refractivity contribution < 1.29 is 14.6 Å². The Labute approximate surface area is 66.3 Å². The molecule has 2 fully saturated rings. The molecule has 0 aromatic heterocycles. The SMILES string of the molecule is O[C@@H]1CCO[C@@]2(CCOC2)C1. The highest BCUT2D eigenvalue weighted by molar-refractivity contribution is 4.90. The van der Waals surface area contributed by atoms with Gasteiger partial charge in [0.25, 0.3) is 0 Å². The Balaban J connectivity index is 2.00. The van der Waals surface area contributed by atoms with Crippen LogP contribution in [0.3, 0.4) is 0 Å². The van der Waals surface area contributed by atoms with E-state index in [2.05, 4.69) is 0 Å². The van der Waals surface area contributed by atoms with Gasteiger partial charge in [0, 0.05) is 26.1 Å². The monoisotopic (exact) mass is 158 g/mol. The first-order chi connectivity index (χ1) is 5.31. The van der Waals surface area contributed by atoms with Gasteiger partial charge in [0.15, 0.2) is 0 Å². The number of ether oxygens (including phenoxy) is 2. The zero-order valence-electron chi connectivity index (χ0n) is 6.58. The van der Waals surface area contributed by atoms with Gasteiger partial charge in [-0.2, -0.15) is 0 Å². The molecule has 2 saturated heterocycles. The molecular formula is C8H14O3. The maximum atomic E-state index is 9.40. The van der Waals surface area contributed by atoms with Gasteiger partial charge in [-0.15, -0.1) is 0 Å². The van der Waals surface area contributed by atoms with Crippen molar-refractivity contribution in [3.63, 3.8) is 0 Å². The Kier molecular flexibility index (Phi) is 1.87. The molecule has 1 N–H and O–H groups in total. The molecule has 1 spiro atoms. The summed E-state index contributed by atoms with van der Waals surface area (Å²) in [5.74, 6) is 0. The van der Waals surface area contributed by atoms with Gasteiger partial charge < -0.3 is 14.6 Å². The third kappa shape index (κ3) is 1.41. The molecule has 0 radical (unpaired) electrons. The molecular weight excluding hydrogens is 144 g/mol. The van der Waals surface area contributed by atoms with E-state index in [1.807, 2.05) is 0 Å². The van der Waals surface area contributed by atoms with E-state index < -0.39 is 0 Å². The topological polar surface area (TPSA) is 38.7 Å². The van der Waals surface area contributed by atoms with Gasteiger partial charge in [-0.25, -0.2) is 0 Å². The Morgan fingerprint density at radius 2 is 2.27 bits per heavy atom. The molecule has 2 heterocycles. The lowest BCUT2D eigenvalue weighted by Gasteiger charge is -2.34. The summed E-state index contributed by atoms with van der Waals surface area (Å²) < 4.78 is 10.9. The highest BCUT2D eigenvalue weighted by atomic mass is 16.6. The van der Waals surface area contributed by atoms with Crippen molar-refractivity contribution >= 4 is 0 Å². The Hall–Kier alpha value is -0.120. The highest BCUT2D eigenvalue weighted by Crippen LogP contribution is 2.32. The van der Waals surface area contributed by atoms with Crippen LogP contribution in [0.1, 0.15) is 19.3 Å². The van der Waals surface area contributed by atoms with E-state index in [9.17, 15) is 5.11 Å². The van der Waals surface area contributed by atoms with Crippen LogP contribution in [-0.2, 0) is 9.47 Å². The van der Waals surface area contributed by atoms with Crippen molar-refractivity contribution in [2.75, 3.05) is 19.8 Å². The van der Waals surface area contributed by atoms with E-state index in [4.69, 9.17) is 9.47 Å². The lowest BCUT2D eigenvalue weighted by Crippen LogP contribution is -2.42. The Morgan fingerprint density at radius 1 is 1.36 bits per heavy atom. The van der Waals surface area contributed by atoms with E-state index in [1.165, 1.54) is 0 Å². The molecule has 0 aromatic rings. The maximum absolute atomic E-state index is 9.40.